The second-order valence-electron chi connectivity index (χ2n) is 4.13. The lowest BCUT2D eigenvalue weighted by Gasteiger charge is -2.04. The van der Waals surface area contributed by atoms with E-state index in [9.17, 15) is 0 Å². The van der Waals surface area contributed by atoms with Crippen molar-refractivity contribution >= 4 is 23.2 Å². The van der Waals surface area contributed by atoms with Crippen molar-refractivity contribution < 1.29 is 4.74 Å². The van der Waals surface area contributed by atoms with Gasteiger partial charge < -0.3 is 4.74 Å². The fourth-order valence-corrected chi connectivity index (χ4v) is 2.20. The molecule has 3 nitrogen and oxygen atoms in total. The van der Waals surface area contributed by atoms with E-state index in [4.69, 9.17) is 27.9 Å². The highest BCUT2D eigenvalue weighted by Crippen LogP contribution is 2.26. The third kappa shape index (κ3) is 2.79. The number of hydrogen-bond acceptors (Lipinski definition) is 2. The van der Waals surface area contributed by atoms with Gasteiger partial charge in [0.1, 0.15) is 5.75 Å². The lowest BCUT2D eigenvalue weighted by Crippen LogP contribution is -1.94. The first-order valence-electron chi connectivity index (χ1n) is 5.95. The molecule has 0 aliphatic carbocycles. The Morgan fingerprint density at radius 2 is 1.80 bits per heavy atom. The standard InChI is InChI=1S/C15H10Cl2N2O/c16-11-4-3-5-12(8-11)20-13-9-18-19(10-13)15-7-2-1-6-14(15)17/h1-10H. The predicted octanol–water partition coefficient (Wildman–Crippen LogP) is 4.97. The molecule has 3 rings (SSSR count). The molecule has 20 heavy (non-hydrogen) atoms. The number of aromatic nitrogens is 2. The lowest BCUT2D eigenvalue weighted by molar-refractivity contribution is 0.482. The number of halogens is 2. The SMILES string of the molecule is Clc1cccc(Oc2cnn(-c3ccccc3Cl)c2)c1. The van der Waals surface area contributed by atoms with Crippen LogP contribution in [0.1, 0.15) is 0 Å². The maximum atomic E-state index is 6.13. The first-order valence-corrected chi connectivity index (χ1v) is 6.71. The van der Waals surface area contributed by atoms with E-state index in [0.717, 1.165) is 5.69 Å². The van der Waals surface area contributed by atoms with Crippen molar-refractivity contribution in [1.29, 1.82) is 0 Å². The second-order valence-corrected chi connectivity index (χ2v) is 4.98. The van der Waals surface area contributed by atoms with Gasteiger partial charge in [0.05, 0.1) is 23.1 Å². The first-order chi connectivity index (χ1) is 9.72. The van der Waals surface area contributed by atoms with Crippen molar-refractivity contribution in [2.24, 2.45) is 0 Å². The molecular weight excluding hydrogens is 295 g/mol. The number of para-hydroxylation sites is 1. The van der Waals surface area contributed by atoms with E-state index >= 15 is 0 Å². The molecule has 0 radical (unpaired) electrons. The van der Waals surface area contributed by atoms with Gasteiger partial charge in [0.25, 0.3) is 0 Å². The van der Waals surface area contributed by atoms with Crippen LogP contribution in [0.2, 0.25) is 10.0 Å². The normalized spacial score (nSPS) is 10.5. The van der Waals surface area contributed by atoms with Gasteiger partial charge in [0.2, 0.25) is 0 Å². The van der Waals surface area contributed by atoms with Crippen molar-refractivity contribution in [1.82, 2.24) is 9.78 Å². The van der Waals surface area contributed by atoms with Gasteiger partial charge in [-0.1, -0.05) is 41.4 Å². The van der Waals surface area contributed by atoms with Crippen molar-refractivity contribution in [2.75, 3.05) is 0 Å². The summed E-state index contributed by atoms with van der Waals surface area (Å²) in [7, 11) is 0. The highest BCUT2D eigenvalue weighted by Gasteiger charge is 2.06. The lowest BCUT2D eigenvalue weighted by atomic mass is 10.3. The van der Waals surface area contributed by atoms with E-state index in [0.29, 0.717) is 21.5 Å². The minimum absolute atomic E-state index is 0.618. The Balaban J connectivity index is 1.86. The largest absolute Gasteiger partial charge is 0.454 e. The van der Waals surface area contributed by atoms with Gasteiger partial charge in [-0.2, -0.15) is 5.10 Å². The molecule has 0 bridgehead atoms. The molecule has 1 aromatic heterocycles. The summed E-state index contributed by atoms with van der Waals surface area (Å²) >= 11 is 12.0. The van der Waals surface area contributed by atoms with E-state index < -0.39 is 0 Å². The Hall–Kier alpha value is -1.97. The van der Waals surface area contributed by atoms with Gasteiger partial charge in [-0.3, -0.25) is 0 Å². The van der Waals surface area contributed by atoms with Gasteiger partial charge in [0.15, 0.2) is 5.75 Å². The number of benzene rings is 2. The topological polar surface area (TPSA) is 27.1 Å². The Bertz CT molecular complexity index is 740. The predicted molar refractivity (Wildman–Crippen MR) is 80.1 cm³/mol. The van der Waals surface area contributed by atoms with E-state index in [-0.39, 0.29) is 0 Å². The average Bonchev–Trinajstić information content (AvgIpc) is 2.87. The molecule has 0 saturated carbocycles. The molecule has 3 aromatic rings. The summed E-state index contributed by atoms with van der Waals surface area (Å²) in [5.41, 5.74) is 0.801. The van der Waals surface area contributed by atoms with Crippen molar-refractivity contribution in [2.45, 2.75) is 0 Å². The third-order valence-electron chi connectivity index (χ3n) is 2.69. The number of hydrogen-bond donors (Lipinski definition) is 0. The van der Waals surface area contributed by atoms with Crippen molar-refractivity contribution in [3.05, 3.63) is 71.0 Å². The van der Waals surface area contributed by atoms with Gasteiger partial charge in [-0.15, -0.1) is 0 Å². The summed E-state index contributed by atoms with van der Waals surface area (Å²) in [6, 6.07) is 14.7. The fourth-order valence-electron chi connectivity index (χ4n) is 1.79. The molecule has 5 heteroatoms. The van der Waals surface area contributed by atoms with Crippen LogP contribution < -0.4 is 4.74 Å². The van der Waals surface area contributed by atoms with Crippen LogP contribution in [-0.2, 0) is 0 Å². The molecule has 0 fully saturated rings. The summed E-state index contributed by atoms with van der Waals surface area (Å²) in [4.78, 5) is 0. The van der Waals surface area contributed by atoms with Crippen molar-refractivity contribution in [3.63, 3.8) is 0 Å². The van der Waals surface area contributed by atoms with Crippen LogP contribution in [0.3, 0.4) is 0 Å². The van der Waals surface area contributed by atoms with Crippen LogP contribution in [0.15, 0.2) is 60.9 Å². The minimum atomic E-state index is 0.618. The summed E-state index contributed by atoms with van der Waals surface area (Å²) in [5.74, 6) is 1.28. The summed E-state index contributed by atoms with van der Waals surface area (Å²) in [5, 5.41) is 5.50. The Morgan fingerprint density at radius 3 is 2.60 bits per heavy atom. The van der Waals surface area contributed by atoms with Gasteiger partial charge in [0, 0.05) is 5.02 Å². The molecular formula is C15H10Cl2N2O. The number of ether oxygens (including phenoxy) is 1. The highest BCUT2D eigenvalue weighted by molar-refractivity contribution is 6.32. The van der Waals surface area contributed by atoms with Gasteiger partial charge in [-0.05, 0) is 30.3 Å². The first kappa shape index (κ1) is 13.0. The zero-order valence-electron chi connectivity index (χ0n) is 10.3. The maximum absolute atomic E-state index is 6.13. The highest BCUT2D eigenvalue weighted by atomic mass is 35.5. The minimum Gasteiger partial charge on any atom is -0.454 e. The van der Waals surface area contributed by atoms with E-state index in [1.807, 2.05) is 36.4 Å². The summed E-state index contributed by atoms with van der Waals surface area (Å²) < 4.78 is 7.36. The number of nitrogens with zero attached hydrogens (tertiary/aromatic N) is 2. The molecule has 1 heterocycles. The summed E-state index contributed by atoms with van der Waals surface area (Å²) in [6.07, 6.45) is 3.40. The van der Waals surface area contributed by atoms with Crippen molar-refractivity contribution in [3.8, 4) is 17.2 Å². The Kier molecular flexibility index (Phi) is 3.63. The molecule has 0 aliphatic heterocycles. The van der Waals surface area contributed by atoms with Crippen LogP contribution in [0.5, 0.6) is 11.5 Å². The van der Waals surface area contributed by atoms with Crippen LogP contribution in [0.4, 0.5) is 0 Å². The molecule has 0 unspecified atom stereocenters. The van der Waals surface area contributed by atoms with Crippen LogP contribution in [-0.4, -0.2) is 9.78 Å². The monoisotopic (exact) mass is 304 g/mol. The number of rotatable bonds is 3. The zero-order valence-corrected chi connectivity index (χ0v) is 11.8. The molecule has 0 aliphatic rings. The molecule has 2 aromatic carbocycles. The molecule has 100 valence electrons. The average molecular weight is 305 g/mol. The van der Waals surface area contributed by atoms with Crippen LogP contribution in [0, 0.1) is 0 Å². The van der Waals surface area contributed by atoms with E-state index in [1.54, 1.807) is 29.2 Å². The van der Waals surface area contributed by atoms with E-state index in [1.165, 1.54) is 0 Å². The van der Waals surface area contributed by atoms with E-state index in [2.05, 4.69) is 5.10 Å². The maximum Gasteiger partial charge on any atom is 0.165 e. The quantitative estimate of drug-likeness (QED) is 0.683. The second kappa shape index (κ2) is 5.57. The summed E-state index contributed by atoms with van der Waals surface area (Å²) in [6.45, 7) is 0. The molecule has 0 atom stereocenters. The van der Waals surface area contributed by atoms with Gasteiger partial charge in [-0.25, -0.2) is 4.68 Å². The zero-order chi connectivity index (χ0) is 13.9. The Labute approximate surface area is 126 Å². The Morgan fingerprint density at radius 1 is 0.950 bits per heavy atom. The molecule has 0 N–H and O–H groups in total. The molecule has 0 saturated heterocycles. The van der Waals surface area contributed by atoms with Crippen LogP contribution >= 0.6 is 23.2 Å². The van der Waals surface area contributed by atoms with Gasteiger partial charge >= 0.3 is 0 Å². The molecule has 0 amide bonds. The molecule has 0 spiro atoms. The third-order valence-corrected chi connectivity index (χ3v) is 3.24. The van der Waals surface area contributed by atoms with Crippen LogP contribution in [0.25, 0.3) is 5.69 Å². The smallest absolute Gasteiger partial charge is 0.165 e. The fraction of sp³-hybridized carbons (Fsp3) is 0.